The number of carbonyl (C=O) groups excluding carboxylic acids is 1. The molecule has 170 valence electrons. The Labute approximate surface area is 198 Å². The minimum Gasteiger partial charge on any atom is -0.357 e. The maximum absolute atomic E-state index is 12.7. The molecule has 0 spiro atoms. The number of piperazine rings is 1. The van der Waals surface area contributed by atoms with Crippen molar-refractivity contribution in [3.63, 3.8) is 0 Å². The average Bonchev–Trinajstić information content (AvgIpc) is 3.13. The number of rotatable bonds is 7. The molecular formula is C21H38IN7O. The van der Waals surface area contributed by atoms with Crippen LogP contribution in [0.4, 0.5) is 5.69 Å². The van der Waals surface area contributed by atoms with Gasteiger partial charge in [0.1, 0.15) is 6.54 Å². The number of hydrogen-bond donors (Lipinski definition) is 1. The van der Waals surface area contributed by atoms with Gasteiger partial charge in [-0.15, -0.1) is 24.0 Å². The van der Waals surface area contributed by atoms with Crippen LogP contribution in [0, 0.1) is 5.92 Å². The lowest BCUT2D eigenvalue weighted by Gasteiger charge is -2.35. The lowest BCUT2D eigenvalue weighted by Crippen LogP contribution is -2.55. The fraction of sp³-hybridized carbons (Fsp3) is 0.762. The SMILES string of the molecule is CCNC(=NCCCCN1CCCC(C)C1)N1CCN(c2cnn(C)c2)C(=O)C1.I. The monoisotopic (exact) mass is 531 g/mol. The van der Waals surface area contributed by atoms with Gasteiger partial charge in [0, 0.05) is 46.0 Å². The number of nitrogens with one attached hydrogen (secondary N) is 1. The first-order valence-corrected chi connectivity index (χ1v) is 11.1. The molecule has 2 aliphatic heterocycles. The number of piperidine rings is 1. The Morgan fingerprint density at radius 1 is 1.30 bits per heavy atom. The highest BCUT2D eigenvalue weighted by atomic mass is 127. The van der Waals surface area contributed by atoms with E-state index in [0.717, 1.165) is 43.6 Å². The zero-order valence-corrected chi connectivity index (χ0v) is 21.0. The quantitative estimate of drug-likeness (QED) is 0.253. The van der Waals surface area contributed by atoms with Crippen LogP contribution in [0.3, 0.4) is 0 Å². The second kappa shape index (κ2) is 12.5. The number of anilines is 1. The molecule has 3 rings (SSSR count). The molecule has 8 nitrogen and oxygen atoms in total. The van der Waals surface area contributed by atoms with E-state index in [1.807, 2.05) is 18.1 Å². The molecular weight excluding hydrogens is 493 g/mol. The van der Waals surface area contributed by atoms with Gasteiger partial charge in [-0.2, -0.15) is 5.10 Å². The summed E-state index contributed by atoms with van der Waals surface area (Å²) < 4.78 is 1.73. The van der Waals surface area contributed by atoms with Crippen LogP contribution in [0.15, 0.2) is 17.4 Å². The predicted molar refractivity (Wildman–Crippen MR) is 133 cm³/mol. The van der Waals surface area contributed by atoms with E-state index in [9.17, 15) is 4.79 Å². The summed E-state index contributed by atoms with van der Waals surface area (Å²) in [6, 6.07) is 0. The summed E-state index contributed by atoms with van der Waals surface area (Å²) in [4.78, 5) is 23.9. The molecule has 1 unspecified atom stereocenters. The van der Waals surface area contributed by atoms with Gasteiger partial charge < -0.3 is 20.0 Å². The van der Waals surface area contributed by atoms with Crippen LogP contribution in [-0.2, 0) is 11.8 Å². The van der Waals surface area contributed by atoms with Gasteiger partial charge in [0.15, 0.2) is 5.96 Å². The molecule has 1 aromatic heterocycles. The summed E-state index contributed by atoms with van der Waals surface area (Å²) in [6.07, 6.45) is 8.61. The lowest BCUT2D eigenvalue weighted by atomic mass is 10.0. The number of halogens is 1. The zero-order chi connectivity index (χ0) is 20.6. The minimum atomic E-state index is 0. The van der Waals surface area contributed by atoms with Crippen molar-refractivity contribution in [1.82, 2.24) is 24.9 Å². The summed E-state index contributed by atoms with van der Waals surface area (Å²) in [5.74, 6) is 1.79. The van der Waals surface area contributed by atoms with Crippen LogP contribution in [-0.4, -0.2) is 83.8 Å². The Kier molecular flexibility index (Phi) is 10.4. The second-order valence-corrected chi connectivity index (χ2v) is 8.33. The molecule has 1 atom stereocenters. The van der Waals surface area contributed by atoms with Crippen molar-refractivity contribution in [1.29, 1.82) is 0 Å². The minimum absolute atomic E-state index is 0. The van der Waals surface area contributed by atoms with Crippen molar-refractivity contribution in [3.05, 3.63) is 12.4 Å². The summed E-state index contributed by atoms with van der Waals surface area (Å²) in [5, 5.41) is 7.53. The number of unbranched alkanes of at least 4 members (excludes halogenated alkanes) is 1. The summed E-state index contributed by atoms with van der Waals surface area (Å²) in [5.41, 5.74) is 0.867. The van der Waals surface area contributed by atoms with Crippen molar-refractivity contribution < 1.29 is 4.79 Å². The van der Waals surface area contributed by atoms with Crippen LogP contribution < -0.4 is 10.2 Å². The molecule has 0 aromatic carbocycles. The van der Waals surface area contributed by atoms with Gasteiger partial charge >= 0.3 is 0 Å². The van der Waals surface area contributed by atoms with Gasteiger partial charge in [-0.05, 0) is 51.6 Å². The van der Waals surface area contributed by atoms with Crippen LogP contribution in [0.25, 0.3) is 0 Å². The van der Waals surface area contributed by atoms with E-state index in [1.54, 1.807) is 10.9 Å². The summed E-state index contributed by atoms with van der Waals surface area (Å²) in [6.45, 7) is 11.5. The Bertz CT molecular complexity index is 693. The summed E-state index contributed by atoms with van der Waals surface area (Å²) in [7, 11) is 1.87. The smallest absolute Gasteiger partial charge is 0.246 e. The molecule has 0 bridgehead atoms. The lowest BCUT2D eigenvalue weighted by molar-refractivity contribution is -0.120. The first-order chi connectivity index (χ1) is 14.1. The standard InChI is InChI=1S/C21H37N7O.HI/c1-4-22-21(23-9-5-6-10-26-11-7-8-18(2)15-26)27-12-13-28(20(29)17-27)19-14-24-25(3)16-19;/h14,16,18H,4-13,15,17H2,1-3H3,(H,22,23);1H. The van der Waals surface area contributed by atoms with Gasteiger partial charge in [0.25, 0.3) is 0 Å². The highest BCUT2D eigenvalue weighted by Crippen LogP contribution is 2.17. The molecule has 3 heterocycles. The van der Waals surface area contributed by atoms with Crippen LogP contribution in [0.5, 0.6) is 0 Å². The number of amides is 1. The molecule has 30 heavy (non-hydrogen) atoms. The van der Waals surface area contributed by atoms with E-state index < -0.39 is 0 Å². The molecule has 0 saturated carbocycles. The number of aryl methyl sites for hydroxylation is 1. The van der Waals surface area contributed by atoms with Crippen molar-refractivity contribution in [3.8, 4) is 0 Å². The fourth-order valence-corrected chi connectivity index (χ4v) is 4.22. The number of likely N-dealkylation sites (tertiary alicyclic amines) is 1. The third-order valence-electron chi connectivity index (χ3n) is 5.74. The number of aromatic nitrogens is 2. The van der Waals surface area contributed by atoms with Gasteiger partial charge in [0.2, 0.25) is 5.91 Å². The third kappa shape index (κ3) is 7.11. The van der Waals surface area contributed by atoms with Crippen LogP contribution in [0.2, 0.25) is 0 Å². The van der Waals surface area contributed by atoms with E-state index in [2.05, 4.69) is 34.1 Å². The predicted octanol–water partition coefficient (Wildman–Crippen LogP) is 2.16. The van der Waals surface area contributed by atoms with Gasteiger partial charge in [0.05, 0.1) is 11.9 Å². The third-order valence-corrected chi connectivity index (χ3v) is 5.74. The van der Waals surface area contributed by atoms with E-state index in [1.165, 1.54) is 38.9 Å². The maximum Gasteiger partial charge on any atom is 0.246 e. The Morgan fingerprint density at radius 3 is 2.80 bits per heavy atom. The van der Waals surface area contributed by atoms with Crippen molar-refractivity contribution >= 4 is 41.5 Å². The number of nitrogens with zero attached hydrogens (tertiary/aromatic N) is 6. The van der Waals surface area contributed by atoms with E-state index in [0.29, 0.717) is 13.1 Å². The molecule has 2 fully saturated rings. The molecule has 0 radical (unpaired) electrons. The zero-order valence-electron chi connectivity index (χ0n) is 18.7. The normalized spacial score (nSPS) is 21.0. The highest BCUT2D eigenvalue weighted by molar-refractivity contribution is 14.0. The molecule has 0 aliphatic carbocycles. The maximum atomic E-state index is 12.7. The molecule has 9 heteroatoms. The Balaban J connectivity index is 0.00000320. The number of guanidine groups is 1. The van der Waals surface area contributed by atoms with Gasteiger partial charge in [-0.3, -0.25) is 14.5 Å². The highest BCUT2D eigenvalue weighted by Gasteiger charge is 2.27. The first kappa shape index (κ1) is 24.9. The van der Waals surface area contributed by atoms with Gasteiger partial charge in [-0.1, -0.05) is 6.92 Å². The van der Waals surface area contributed by atoms with Crippen LogP contribution >= 0.6 is 24.0 Å². The molecule has 1 N–H and O–H groups in total. The molecule has 2 saturated heterocycles. The number of aliphatic imine (C=N–C) groups is 1. The first-order valence-electron chi connectivity index (χ1n) is 11.1. The van der Waals surface area contributed by atoms with Crippen molar-refractivity contribution in [2.75, 3.05) is 57.3 Å². The van der Waals surface area contributed by atoms with Crippen LogP contribution in [0.1, 0.15) is 39.5 Å². The summed E-state index contributed by atoms with van der Waals surface area (Å²) >= 11 is 0. The molecule has 1 aromatic rings. The molecule has 1 amide bonds. The topological polar surface area (TPSA) is 69.0 Å². The number of carbonyl (C=O) groups is 1. The average molecular weight is 531 g/mol. The number of hydrogen-bond acceptors (Lipinski definition) is 4. The van der Waals surface area contributed by atoms with Crippen molar-refractivity contribution in [2.24, 2.45) is 18.0 Å². The Morgan fingerprint density at radius 2 is 2.13 bits per heavy atom. The largest absolute Gasteiger partial charge is 0.357 e. The fourth-order valence-electron chi connectivity index (χ4n) is 4.22. The van der Waals surface area contributed by atoms with Crippen molar-refractivity contribution in [2.45, 2.75) is 39.5 Å². The Hall–Kier alpha value is -1.36. The van der Waals surface area contributed by atoms with E-state index >= 15 is 0 Å². The van der Waals surface area contributed by atoms with E-state index in [-0.39, 0.29) is 29.9 Å². The molecule has 2 aliphatic rings. The second-order valence-electron chi connectivity index (χ2n) is 8.33. The van der Waals surface area contributed by atoms with E-state index in [4.69, 9.17) is 4.99 Å². The van der Waals surface area contributed by atoms with Gasteiger partial charge in [-0.25, -0.2) is 0 Å².